The van der Waals surface area contributed by atoms with Gasteiger partial charge in [-0.3, -0.25) is 10.1 Å². The molecule has 0 unspecified atom stereocenters. The molecule has 0 aliphatic carbocycles. The summed E-state index contributed by atoms with van der Waals surface area (Å²) in [6, 6.07) is 7.06. The van der Waals surface area contributed by atoms with Crippen LogP contribution in [0.4, 0.5) is 5.13 Å². The number of anilines is 1. The van der Waals surface area contributed by atoms with Crippen LogP contribution in [0.3, 0.4) is 0 Å². The predicted octanol–water partition coefficient (Wildman–Crippen LogP) is 4.27. The molecular weight excluding hydrogens is 354 g/mol. The maximum Gasteiger partial charge on any atom is 0.267 e. The van der Waals surface area contributed by atoms with Gasteiger partial charge in [-0.05, 0) is 18.6 Å². The fraction of sp³-hybridized carbons (Fsp3) is 0.267. The first-order valence-corrected chi connectivity index (χ1v) is 9.11. The van der Waals surface area contributed by atoms with Crippen molar-refractivity contribution in [1.29, 1.82) is 0 Å². The fourth-order valence-corrected chi connectivity index (χ4v) is 3.35. The zero-order chi connectivity index (χ0) is 16.7. The number of ether oxygens (including phenoxy) is 1. The summed E-state index contributed by atoms with van der Waals surface area (Å²) in [6.45, 7) is 5.52. The lowest BCUT2D eigenvalue weighted by atomic mass is 10.2. The molecule has 5 nitrogen and oxygen atoms in total. The summed E-state index contributed by atoms with van der Waals surface area (Å²) in [6.07, 6.45) is 1.64. The third-order valence-electron chi connectivity index (χ3n) is 2.73. The van der Waals surface area contributed by atoms with Crippen LogP contribution in [-0.4, -0.2) is 28.0 Å². The van der Waals surface area contributed by atoms with Gasteiger partial charge < -0.3 is 4.74 Å². The van der Waals surface area contributed by atoms with Crippen LogP contribution in [-0.2, 0) is 4.79 Å². The first kappa shape index (κ1) is 17.8. The van der Waals surface area contributed by atoms with Gasteiger partial charge in [0.15, 0.2) is 10.4 Å². The maximum absolute atomic E-state index is 12.3. The van der Waals surface area contributed by atoms with Crippen LogP contribution < -0.4 is 10.1 Å². The number of amides is 1. The Balaban J connectivity index is 1.98. The van der Waals surface area contributed by atoms with Gasteiger partial charge in [-0.2, -0.15) is 0 Å². The molecule has 122 valence electrons. The lowest BCUT2D eigenvalue weighted by Gasteiger charge is -2.17. The van der Waals surface area contributed by atoms with Gasteiger partial charge in [-0.15, -0.1) is 16.8 Å². The van der Waals surface area contributed by atoms with Crippen LogP contribution in [0.25, 0.3) is 0 Å². The molecule has 1 aromatic carbocycles. The van der Waals surface area contributed by atoms with Gasteiger partial charge in [0.05, 0.1) is 5.02 Å². The summed E-state index contributed by atoms with van der Waals surface area (Å²) in [4.78, 5) is 12.3. The average molecular weight is 370 g/mol. The molecule has 2 aromatic rings. The van der Waals surface area contributed by atoms with Crippen LogP contribution in [0.1, 0.15) is 13.3 Å². The molecule has 0 bridgehead atoms. The molecule has 0 radical (unpaired) electrons. The minimum Gasteiger partial charge on any atom is -0.479 e. The van der Waals surface area contributed by atoms with Crippen LogP contribution in [0.15, 0.2) is 41.3 Å². The van der Waals surface area contributed by atoms with E-state index in [9.17, 15) is 4.79 Å². The Hall–Kier alpha value is -1.57. The maximum atomic E-state index is 12.3. The number of aromatic nitrogens is 2. The van der Waals surface area contributed by atoms with Crippen molar-refractivity contribution in [3.8, 4) is 5.75 Å². The molecule has 0 aliphatic rings. The van der Waals surface area contributed by atoms with Crippen LogP contribution >= 0.6 is 34.7 Å². The van der Waals surface area contributed by atoms with Crippen molar-refractivity contribution in [1.82, 2.24) is 10.2 Å². The van der Waals surface area contributed by atoms with Crippen LogP contribution in [0.5, 0.6) is 5.75 Å². The van der Waals surface area contributed by atoms with Crippen LogP contribution in [0.2, 0.25) is 5.02 Å². The summed E-state index contributed by atoms with van der Waals surface area (Å²) in [5, 5.41) is 11.6. The number of nitrogens with one attached hydrogen (secondary N) is 1. The first-order valence-electron chi connectivity index (χ1n) is 6.93. The minimum atomic E-state index is -0.650. The van der Waals surface area contributed by atoms with E-state index in [2.05, 4.69) is 22.1 Å². The Morgan fingerprint density at radius 3 is 3.00 bits per heavy atom. The second-order valence-electron chi connectivity index (χ2n) is 4.41. The zero-order valence-electron chi connectivity index (χ0n) is 12.5. The molecule has 1 amide bonds. The quantitative estimate of drug-likeness (QED) is 0.427. The lowest BCUT2D eigenvalue weighted by Crippen LogP contribution is -2.32. The lowest BCUT2D eigenvalue weighted by molar-refractivity contribution is -0.122. The Kier molecular flexibility index (Phi) is 6.88. The topological polar surface area (TPSA) is 64.1 Å². The molecule has 0 saturated heterocycles. The third-order valence-corrected chi connectivity index (χ3v) is 5.01. The van der Waals surface area contributed by atoms with Gasteiger partial charge in [0.1, 0.15) is 5.75 Å². The molecule has 0 fully saturated rings. The number of thioether (sulfide) groups is 1. The second-order valence-corrected chi connectivity index (χ2v) is 7.06. The van der Waals surface area contributed by atoms with Crippen molar-refractivity contribution in [2.45, 2.75) is 23.8 Å². The number of benzene rings is 1. The summed E-state index contributed by atoms with van der Waals surface area (Å²) in [7, 11) is 0. The Bertz CT molecular complexity index is 678. The molecule has 2 rings (SSSR count). The van der Waals surface area contributed by atoms with E-state index in [1.54, 1.807) is 30.3 Å². The molecule has 1 N–H and O–H groups in total. The summed E-state index contributed by atoms with van der Waals surface area (Å²) >= 11 is 8.89. The van der Waals surface area contributed by atoms with Crippen molar-refractivity contribution in [2.75, 3.05) is 11.1 Å². The van der Waals surface area contributed by atoms with Crippen molar-refractivity contribution < 1.29 is 9.53 Å². The average Bonchev–Trinajstić information content (AvgIpc) is 2.99. The van der Waals surface area contributed by atoms with Gasteiger partial charge >= 0.3 is 0 Å². The molecule has 0 saturated carbocycles. The summed E-state index contributed by atoms with van der Waals surface area (Å²) < 4.78 is 6.47. The number of carbonyl (C=O) groups is 1. The predicted molar refractivity (Wildman–Crippen MR) is 95.6 cm³/mol. The van der Waals surface area contributed by atoms with Gasteiger partial charge in [0, 0.05) is 5.75 Å². The number of hydrogen-bond acceptors (Lipinski definition) is 6. The molecule has 8 heteroatoms. The summed E-state index contributed by atoms with van der Waals surface area (Å²) in [5.74, 6) is 0.954. The van der Waals surface area contributed by atoms with E-state index in [0.717, 1.165) is 10.1 Å². The second kappa shape index (κ2) is 8.90. The third kappa shape index (κ3) is 5.23. The Labute approximate surface area is 148 Å². The van der Waals surface area contributed by atoms with Crippen molar-refractivity contribution in [3.05, 3.63) is 41.9 Å². The number of halogens is 1. The first-order chi connectivity index (χ1) is 11.1. The van der Waals surface area contributed by atoms with Gasteiger partial charge in [0.2, 0.25) is 5.13 Å². The molecule has 1 aromatic heterocycles. The standard InChI is InChI=1S/C15H16ClN3O2S2/c1-3-9-22-15-19-18-14(23-15)17-13(20)11(4-2)21-12-8-6-5-7-10(12)16/h3,5-8,11H,1,4,9H2,2H3,(H,17,18,20)/t11-/m1/s1. The number of nitrogens with zero attached hydrogens (tertiary/aromatic N) is 2. The molecule has 1 heterocycles. The van der Waals surface area contributed by atoms with E-state index in [1.165, 1.54) is 23.1 Å². The van der Waals surface area contributed by atoms with Crippen molar-refractivity contribution in [3.63, 3.8) is 0 Å². The smallest absolute Gasteiger partial charge is 0.267 e. The van der Waals surface area contributed by atoms with E-state index in [0.29, 0.717) is 22.3 Å². The Morgan fingerprint density at radius 2 is 2.30 bits per heavy atom. The molecule has 23 heavy (non-hydrogen) atoms. The normalized spacial score (nSPS) is 11.7. The fourth-order valence-electron chi connectivity index (χ4n) is 1.65. The minimum absolute atomic E-state index is 0.274. The molecule has 1 atom stereocenters. The number of carbonyl (C=O) groups excluding carboxylic acids is 1. The van der Waals surface area contributed by atoms with Gasteiger partial charge in [-0.25, -0.2) is 0 Å². The number of hydrogen-bond donors (Lipinski definition) is 1. The van der Waals surface area contributed by atoms with E-state index >= 15 is 0 Å². The highest BCUT2D eigenvalue weighted by Crippen LogP contribution is 2.27. The van der Waals surface area contributed by atoms with E-state index < -0.39 is 6.10 Å². The largest absolute Gasteiger partial charge is 0.479 e. The number of rotatable bonds is 8. The number of para-hydroxylation sites is 1. The molecule has 0 spiro atoms. The highest BCUT2D eigenvalue weighted by atomic mass is 35.5. The van der Waals surface area contributed by atoms with Gasteiger partial charge in [-0.1, -0.05) is 59.8 Å². The monoisotopic (exact) mass is 369 g/mol. The van der Waals surface area contributed by atoms with Gasteiger partial charge in [0.25, 0.3) is 5.91 Å². The molecular formula is C15H16ClN3O2S2. The van der Waals surface area contributed by atoms with Crippen LogP contribution in [0, 0.1) is 0 Å². The van der Waals surface area contributed by atoms with E-state index in [4.69, 9.17) is 16.3 Å². The SMILES string of the molecule is C=CCSc1nnc(NC(=O)[C@@H](CC)Oc2ccccc2Cl)s1. The highest BCUT2D eigenvalue weighted by molar-refractivity contribution is 8.01. The highest BCUT2D eigenvalue weighted by Gasteiger charge is 2.21. The van der Waals surface area contributed by atoms with E-state index in [1.807, 2.05) is 6.92 Å². The zero-order valence-corrected chi connectivity index (χ0v) is 14.9. The Morgan fingerprint density at radius 1 is 1.52 bits per heavy atom. The van der Waals surface area contributed by atoms with E-state index in [-0.39, 0.29) is 5.91 Å². The van der Waals surface area contributed by atoms with Crippen molar-refractivity contribution >= 4 is 45.7 Å². The molecule has 0 aliphatic heterocycles. The van der Waals surface area contributed by atoms with Crippen molar-refractivity contribution in [2.24, 2.45) is 0 Å². The summed E-state index contributed by atoms with van der Waals surface area (Å²) in [5.41, 5.74) is 0.